The van der Waals surface area contributed by atoms with Crippen molar-refractivity contribution in [3.63, 3.8) is 0 Å². The molecule has 1 N–H and O–H groups in total. The third-order valence-electron chi connectivity index (χ3n) is 2.60. The van der Waals surface area contributed by atoms with Crippen LogP contribution in [-0.2, 0) is 0 Å². The third-order valence-corrected chi connectivity index (χ3v) is 3.30. The molecule has 0 spiro atoms. The first-order valence-electron chi connectivity index (χ1n) is 4.43. The summed E-state index contributed by atoms with van der Waals surface area (Å²) in [6, 6.07) is 0.589. The molecule has 0 saturated heterocycles. The van der Waals surface area contributed by atoms with E-state index in [1.54, 1.807) is 11.3 Å². The normalized spacial score (nSPS) is 29.8. The average molecular weight is 182 g/mol. The quantitative estimate of drug-likeness (QED) is 0.777. The van der Waals surface area contributed by atoms with Crippen molar-refractivity contribution in [2.45, 2.75) is 26.3 Å². The molecule has 1 aliphatic rings. The summed E-state index contributed by atoms with van der Waals surface area (Å²) in [7, 11) is 0. The van der Waals surface area contributed by atoms with E-state index in [1.807, 2.05) is 11.6 Å². The maximum atomic E-state index is 4.20. The Morgan fingerprint density at radius 2 is 2.50 bits per heavy atom. The van der Waals surface area contributed by atoms with Gasteiger partial charge in [-0.25, -0.2) is 4.98 Å². The number of rotatable bonds is 3. The first kappa shape index (κ1) is 8.05. The Bertz CT molecular complexity index is 245. The van der Waals surface area contributed by atoms with Gasteiger partial charge >= 0.3 is 0 Å². The Labute approximate surface area is 77.0 Å². The van der Waals surface area contributed by atoms with Gasteiger partial charge in [0.2, 0.25) is 0 Å². The largest absolute Gasteiger partial charge is 0.359 e. The van der Waals surface area contributed by atoms with Gasteiger partial charge in [0.05, 0.1) is 0 Å². The summed E-state index contributed by atoms with van der Waals surface area (Å²) in [5.74, 6) is 1.78. The van der Waals surface area contributed by atoms with E-state index in [-0.39, 0.29) is 0 Å². The lowest BCUT2D eigenvalue weighted by molar-refractivity contribution is 0.644. The summed E-state index contributed by atoms with van der Waals surface area (Å²) in [4.78, 5) is 4.20. The third kappa shape index (κ3) is 1.61. The number of hydrogen-bond acceptors (Lipinski definition) is 3. The average Bonchev–Trinajstić information content (AvgIpc) is 2.58. The predicted molar refractivity (Wildman–Crippen MR) is 52.5 cm³/mol. The zero-order valence-electron chi connectivity index (χ0n) is 7.45. The molecule has 1 saturated carbocycles. The van der Waals surface area contributed by atoms with Gasteiger partial charge in [-0.15, -0.1) is 11.3 Å². The van der Waals surface area contributed by atoms with E-state index in [9.17, 15) is 0 Å². The molecule has 12 heavy (non-hydrogen) atoms. The second-order valence-corrected chi connectivity index (χ2v) is 4.54. The van der Waals surface area contributed by atoms with Gasteiger partial charge in [0.15, 0.2) is 5.13 Å². The minimum Gasteiger partial charge on any atom is -0.359 e. The molecule has 3 heteroatoms. The minimum atomic E-state index is 0.589. The molecule has 0 aromatic carbocycles. The summed E-state index contributed by atoms with van der Waals surface area (Å²) < 4.78 is 0. The predicted octanol–water partition coefficient (Wildman–Crippen LogP) is 2.60. The zero-order chi connectivity index (χ0) is 8.55. The highest BCUT2D eigenvalue weighted by Gasteiger charge is 2.37. The summed E-state index contributed by atoms with van der Waals surface area (Å²) in [6.45, 7) is 4.56. The summed E-state index contributed by atoms with van der Waals surface area (Å²) in [6.07, 6.45) is 3.22. The standard InChI is InChI=1S/C9H14N2S/c1-6-5-8(6)7(2)11-9-10-3-4-12-9/h3-4,6-8H,5H2,1-2H3,(H,10,11). The van der Waals surface area contributed by atoms with Crippen molar-refractivity contribution >= 4 is 16.5 Å². The number of nitrogens with one attached hydrogen (secondary N) is 1. The van der Waals surface area contributed by atoms with Crippen LogP contribution in [0.25, 0.3) is 0 Å². The van der Waals surface area contributed by atoms with Gasteiger partial charge in [-0.2, -0.15) is 0 Å². The van der Waals surface area contributed by atoms with Crippen molar-refractivity contribution in [3.05, 3.63) is 11.6 Å². The fraction of sp³-hybridized carbons (Fsp3) is 0.667. The van der Waals surface area contributed by atoms with Crippen LogP contribution < -0.4 is 5.32 Å². The van der Waals surface area contributed by atoms with Crippen LogP contribution in [-0.4, -0.2) is 11.0 Å². The topological polar surface area (TPSA) is 24.9 Å². The number of aromatic nitrogens is 1. The Morgan fingerprint density at radius 1 is 1.75 bits per heavy atom. The Hall–Kier alpha value is -0.570. The van der Waals surface area contributed by atoms with Crippen LogP contribution in [0, 0.1) is 11.8 Å². The fourth-order valence-corrected chi connectivity index (χ4v) is 2.27. The molecule has 3 unspecified atom stereocenters. The molecular formula is C9H14N2S. The first-order chi connectivity index (χ1) is 5.77. The Kier molecular flexibility index (Phi) is 2.05. The maximum absolute atomic E-state index is 4.20. The van der Waals surface area contributed by atoms with Gasteiger partial charge in [-0.05, 0) is 25.2 Å². The highest BCUT2D eigenvalue weighted by molar-refractivity contribution is 7.13. The summed E-state index contributed by atoms with van der Waals surface area (Å²) >= 11 is 1.68. The lowest BCUT2D eigenvalue weighted by Crippen LogP contribution is -2.17. The first-order valence-corrected chi connectivity index (χ1v) is 5.31. The lowest BCUT2D eigenvalue weighted by atomic mass is 10.2. The van der Waals surface area contributed by atoms with E-state index in [0.29, 0.717) is 6.04 Å². The van der Waals surface area contributed by atoms with Crippen molar-refractivity contribution in [1.82, 2.24) is 4.98 Å². The molecule has 66 valence electrons. The van der Waals surface area contributed by atoms with Gasteiger partial charge in [-0.3, -0.25) is 0 Å². The van der Waals surface area contributed by atoms with Crippen molar-refractivity contribution in [2.24, 2.45) is 11.8 Å². The molecule has 2 nitrogen and oxygen atoms in total. The Balaban J connectivity index is 1.87. The van der Waals surface area contributed by atoms with Crippen LogP contribution in [0.15, 0.2) is 11.6 Å². The monoisotopic (exact) mass is 182 g/mol. The second kappa shape index (κ2) is 3.05. The van der Waals surface area contributed by atoms with Crippen LogP contribution in [0.3, 0.4) is 0 Å². The van der Waals surface area contributed by atoms with Crippen molar-refractivity contribution < 1.29 is 0 Å². The smallest absolute Gasteiger partial charge is 0.182 e. The van der Waals surface area contributed by atoms with E-state index in [0.717, 1.165) is 17.0 Å². The van der Waals surface area contributed by atoms with Gasteiger partial charge in [0, 0.05) is 17.6 Å². The number of anilines is 1. The van der Waals surface area contributed by atoms with Crippen molar-refractivity contribution in [3.8, 4) is 0 Å². The van der Waals surface area contributed by atoms with Gasteiger partial charge in [0.25, 0.3) is 0 Å². The molecule has 2 rings (SSSR count). The van der Waals surface area contributed by atoms with E-state index >= 15 is 0 Å². The molecule has 1 aromatic rings. The van der Waals surface area contributed by atoms with Crippen LogP contribution in [0.2, 0.25) is 0 Å². The highest BCUT2D eigenvalue weighted by atomic mass is 32.1. The molecular weight excluding hydrogens is 168 g/mol. The van der Waals surface area contributed by atoms with Crippen LogP contribution in [0.1, 0.15) is 20.3 Å². The van der Waals surface area contributed by atoms with Crippen LogP contribution in [0.5, 0.6) is 0 Å². The molecule has 0 bridgehead atoms. The van der Waals surface area contributed by atoms with Crippen LogP contribution >= 0.6 is 11.3 Å². The zero-order valence-corrected chi connectivity index (χ0v) is 8.27. The van der Waals surface area contributed by atoms with Crippen molar-refractivity contribution in [1.29, 1.82) is 0 Å². The molecule has 1 fully saturated rings. The maximum Gasteiger partial charge on any atom is 0.182 e. The second-order valence-electron chi connectivity index (χ2n) is 3.65. The summed E-state index contributed by atoms with van der Waals surface area (Å²) in [5, 5.41) is 6.48. The van der Waals surface area contributed by atoms with E-state index in [2.05, 4.69) is 24.1 Å². The minimum absolute atomic E-state index is 0.589. The molecule has 1 aromatic heterocycles. The van der Waals surface area contributed by atoms with E-state index in [4.69, 9.17) is 0 Å². The van der Waals surface area contributed by atoms with Gasteiger partial charge in [0.1, 0.15) is 0 Å². The molecule has 1 aliphatic carbocycles. The number of hydrogen-bond donors (Lipinski definition) is 1. The number of nitrogens with zero attached hydrogens (tertiary/aromatic N) is 1. The highest BCUT2D eigenvalue weighted by Crippen LogP contribution is 2.41. The fourth-order valence-electron chi connectivity index (χ4n) is 1.64. The van der Waals surface area contributed by atoms with Crippen molar-refractivity contribution in [2.75, 3.05) is 5.32 Å². The molecule has 0 aliphatic heterocycles. The van der Waals surface area contributed by atoms with Crippen LogP contribution in [0.4, 0.5) is 5.13 Å². The Morgan fingerprint density at radius 3 is 3.00 bits per heavy atom. The molecule has 3 atom stereocenters. The van der Waals surface area contributed by atoms with E-state index in [1.165, 1.54) is 6.42 Å². The SMILES string of the molecule is CC1CC1C(C)Nc1nccs1. The number of thiazole rings is 1. The molecule has 0 radical (unpaired) electrons. The molecule has 0 amide bonds. The lowest BCUT2D eigenvalue weighted by Gasteiger charge is -2.11. The summed E-state index contributed by atoms with van der Waals surface area (Å²) in [5.41, 5.74) is 0. The molecule has 1 heterocycles. The van der Waals surface area contributed by atoms with Gasteiger partial charge < -0.3 is 5.32 Å². The van der Waals surface area contributed by atoms with E-state index < -0.39 is 0 Å². The van der Waals surface area contributed by atoms with Gasteiger partial charge in [-0.1, -0.05) is 6.92 Å².